The van der Waals surface area contributed by atoms with Gasteiger partial charge in [0.1, 0.15) is 0 Å². The highest BCUT2D eigenvalue weighted by Gasteiger charge is 2.15. The second-order valence-electron chi connectivity index (χ2n) is 4.20. The van der Waals surface area contributed by atoms with Gasteiger partial charge in [-0.3, -0.25) is 9.78 Å². The molecular formula is C14H9N3O3S. The van der Waals surface area contributed by atoms with Crippen molar-refractivity contribution >= 4 is 39.7 Å². The molecule has 2 N–H and O–H groups in total. The third-order valence-electron chi connectivity index (χ3n) is 2.85. The molecule has 3 rings (SSSR count). The van der Waals surface area contributed by atoms with E-state index in [-0.39, 0.29) is 10.7 Å². The van der Waals surface area contributed by atoms with Crippen molar-refractivity contribution < 1.29 is 14.7 Å². The molecule has 0 saturated carbocycles. The molecule has 7 heteroatoms. The molecule has 0 aliphatic heterocycles. The van der Waals surface area contributed by atoms with Gasteiger partial charge < -0.3 is 10.4 Å². The highest BCUT2D eigenvalue weighted by Crippen LogP contribution is 2.23. The van der Waals surface area contributed by atoms with Gasteiger partial charge in [-0.1, -0.05) is 12.1 Å². The summed E-state index contributed by atoms with van der Waals surface area (Å²) in [5.74, 6) is -1.59. The summed E-state index contributed by atoms with van der Waals surface area (Å²) in [6, 6.07) is 7.34. The van der Waals surface area contributed by atoms with Crippen LogP contribution >= 0.6 is 11.3 Å². The lowest BCUT2D eigenvalue weighted by Gasteiger charge is -2.06. The summed E-state index contributed by atoms with van der Waals surface area (Å²) in [6.07, 6.45) is 3.34. The third-order valence-corrected chi connectivity index (χ3v) is 3.69. The van der Waals surface area contributed by atoms with Crippen molar-refractivity contribution in [3.05, 3.63) is 52.7 Å². The van der Waals surface area contributed by atoms with Gasteiger partial charge in [0.05, 0.1) is 5.69 Å². The Balaban J connectivity index is 1.91. The van der Waals surface area contributed by atoms with Crippen LogP contribution < -0.4 is 5.32 Å². The quantitative estimate of drug-likeness (QED) is 0.775. The molecule has 0 bridgehead atoms. The van der Waals surface area contributed by atoms with Crippen molar-refractivity contribution in [1.82, 2.24) is 9.97 Å². The van der Waals surface area contributed by atoms with Gasteiger partial charge in [0, 0.05) is 23.2 Å². The van der Waals surface area contributed by atoms with Crippen LogP contribution in [0.3, 0.4) is 0 Å². The molecule has 0 saturated heterocycles. The van der Waals surface area contributed by atoms with Crippen LogP contribution in [0.2, 0.25) is 0 Å². The molecule has 0 fully saturated rings. The zero-order valence-electron chi connectivity index (χ0n) is 10.6. The number of carbonyl (C=O) groups excluding carboxylic acids is 1. The molecule has 0 aliphatic rings. The standard InChI is InChI=1S/C14H9N3O3S/c18-12(13-17-11(7-21-13)14(19)20)16-10-3-1-2-8-4-5-15-6-9(8)10/h1-7H,(H,16,18)(H,19,20). The number of carboxylic acids is 1. The number of nitrogens with one attached hydrogen (secondary N) is 1. The summed E-state index contributed by atoms with van der Waals surface area (Å²) in [4.78, 5) is 30.7. The minimum Gasteiger partial charge on any atom is -0.476 e. The maximum atomic E-state index is 12.1. The van der Waals surface area contributed by atoms with Gasteiger partial charge in [0.25, 0.3) is 5.91 Å². The fourth-order valence-corrected chi connectivity index (χ4v) is 2.56. The zero-order valence-corrected chi connectivity index (χ0v) is 11.4. The van der Waals surface area contributed by atoms with E-state index in [9.17, 15) is 9.59 Å². The molecule has 2 heterocycles. The molecular weight excluding hydrogens is 290 g/mol. The number of aromatic carboxylic acids is 1. The number of rotatable bonds is 3. The molecule has 0 spiro atoms. The topological polar surface area (TPSA) is 92.2 Å². The van der Waals surface area contributed by atoms with E-state index in [0.29, 0.717) is 5.69 Å². The van der Waals surface area contributed by atoms with Crippen molar-refractivity contribution in [3.8, 4) is 0 Å². The van der Waals surface area contributed by atoms with E-state index in [4.69, 9.17) is 5.11 Å². The Labute approximate surface area is 123 Å². The number of amides is 1. The number of nitrogens with zero attached hydrogens (tertiary/aromatic N) is 2. The summed E-state index contributed by atoms with van der Waals surface area (Å²) in [6.45, 7) is 0. The van der Waals surface area contributed by atoms with E-state index in [1.54, 1.807) is 18.5 Å². The van der Waals surface area contributed by atoms with Crippen molar-refractivity contribution in [2.24, 2.45) is 0 Å². The second kappa shape index (κ2) is 5.29. The Kier molecular flexibility index (Phi) is 3.33. The Morgan fingerprint density at radius 3 is 2.86 bits per heavy atom. The molecule has 0 unspecified atom stereocenters. The minimum atomic E-state index is -1.15. The highest BCUT2D eigenvalue weighted by atomic mass is 32.1. The average Bonchev–Trinajstić information content (AvgIpc) is 2.98. The fourth-order valence-electron chi connectivity index (χ4n) is 1.87. The second-order valence-corrected chi connectivity index (χ2v) is 5.06. The number of thiazole rings is 1. The third kappa shape index (κ3) is 2.59. The van der Waals surface area contributed by atoms with E-state index < -0.39 is 11.9 Å². The Bertz CT molecular complexity index is 839. The smallest absolute Gasteiger partial charge is 0.355 e. The molecule has 21 heavy (non-hydrogen) atoms. The summed E-state index contributed by atoms with van der Waals surface area (Å²) < 4.78 is 0. The van der Waals surface area contributed by atoms with Gasteiger partial charge >= 0.3 is 5.97 Å². The zero-order chi connectivity index (χ0) is 14.8. The molecule has 1 aromatic carbocycles. The molecule has 0 aliphatic carbocycles. The van der Waals surface area contributed by atoms with Crippen molar-refractivity contribution in [2.75, 3.05) is 5.32 Å². The van der Waals surface area contributed by atoms with Gasteiger partial charge in [-0.15, -0.1) is 11.3 Å². The van der Waals surface area contributed by atoms with Gasteiger partial charge in [0.2, 0.25) is 0 Å². The largest absolute Gasteiger partial charge is 0.476 e. The first-order valence-corrected chi connectivity index (χ1v) is 6.86. The maximum absolute atomic E-state index is 12.1. The summed E-state index contributed by atoms with van der Waals surface area (Å²) in [7, 11) is 0. The van der Waals surface area contributed by atoms with Crippen LogP contribution in [-0.2, 0) is 0 Å². The highest BCUT2D eigenvalue weighted by molar-refractivity contribution is 7.12. The first-order valence-electron chi connectivity index (χ1n) is 5.98. The van der Waals surface area contributed by atoms with Crippen LogP contribution in [0.25, 0.3) is 10.8 Å². The van der Waals surface area contributed by atoms with Crippen molar-refractivity contribution in [1.29, 1.82) is 0 Å². The molecule has 0 atom stereocenters. The van der Waals surface area contributed by atoms with Gasteiger partial charge in [-0.05, 0) is 17.5 Å². The number of fused-ring (bicyclic) bond motifs is 1. The van der Waals surface area contributed by atoms with E-state index in [1.807, 2.05) is 18.2 Å². The lowest BCUT2D eigenvalue weighted by atomic mass is 10.1. The minimum absolute atomic E-state index is 0.105. The van der Waals surface area contributed by atoms with E-state index in [1.165, 1.54) is 5.38 Å². The molecule has 3 aromatic rings. The van der Waals surface area contributed by atoms with Gasteiger partial charge in [0.15, 0.2) is 10.7 Å². The van der Waals surface area contributed by atoms with E-state index in [0.717, 1.165) is 22.1 Å². The summed E-state index contributed by atoms with van der Waals surface area (Å²) >= 11 is 0.991. The van der Waals surface area contributed by atoms with E-state index >= 15 is 0 Å². The SMILES string of the molecule is O=C(O)c1csc(C(=O)Nc2cccc3ccncc23)n1. The lowest BCUT2D eigenvalue weighted by Crippen LogP contribution is -2.12. The van der Waals surface area contributed by atoms with Crippen LogP contribution in [-0.4, -0.2) is 27.0 Å². The van der Waals surface area contributed by atoms with Crippen LogP contribution in [0.1, 0.15) is 20.3 Å². The Hall–Kier alpha value is -2.80. The molecule has 6 nitrogen and oxygen atoms in total. The van der Waals surface area contributed by atoms with Crippen molar-refractivity contribution in [2.45, 2.75) is 0 Å². The summed E-state index contributed by atoms with van der Waals surface area (Å²) in [5, 5.41) is 14.7. The number of benzene rings is 1. The first-order chi connectivity index (χ1) is 10.1. The number of hydrogen-bond donors (Lipinski definition) is 2. The van der Waals surface area contributed by atoms with E-state index in [2.05, 4.69) is 15.3 Å². The van der Waals surface area contributed by atoms with Gasteiger partial charge in [-0.25, -0.2) is 9.78 Å². The average molecular weight is 299 g/mol. The monoisotopic (exact) mass is 299 g/mol. The maximum Gasteiger partial charge on any atom is 0.355 e. The summed E-state index contributed by atoms with van der Waals surface area (Å²) in [5.41, 5.74) is 0.474. The first kappa shape index (κ1) is 13.2. The predicted octanol–water partition coefficient (Wildman–Crippen LogP) is 2.64. The predicted molar refractivity (Wildman–Crippen MR) is 78.8 cm³/mol. The number of pyridine rings is 1. The van der Waals surface area contributed by atoms with Crippen LogP contribution in [0.15, 0.2) is 42.0 Å². The van der Waals surface area contributed by atoms with Crippen LogP contribution in [0, 0.1) is 0 Å². The normalized spacial score (nSPS) is 10.5. The lowest BCUT2D eigenvalue weighted by molar-refractivity contribution is 0.0691. The number of anilines is 1. The van der Waals surface area contributed by atoms with Gasteiger partial charge in [-0.2, -0.15) is 0 Å². The Morgan fingerprint density at radius 1 is 1.24 bits per heavy atom. The molecule has 2 aromatic heterocycles. The number of aromatic nitrogens is 2. The van der Waals surface area contributed by atoms with Crippen molar-refractivity contribution in [3.63, 3.8) is 0 Å². The molecule has 104 valence electrons. The van der Waals surface area contributed by atoms with Crippen LogP contribution in [0.5, 0.6) is 0 Å². The number of carbonyl (C=O) groups is 2. The number of hydrogen-bond acceptors (Lipinski definition) is 5. The fraction of sp³-hybridized carbons (Fsp3) is 0. The molecule has 1 amide bonds. The Morgan fingerprint density at radius 2 is 2.10 bits per heavy atom. The molecule has 0 radical (unpaired) electrons. The number of carboxylic acid groups (broad SMARTS) is 1. The van der Waals surface area contributed by atoms with Crippen LogP contribution in [0.4, 0.5) is 5.69 Å².